The third-order valence-corrected chi connectivity index (χ3v) is 3.44. The lowest BCUT2D eigenvalue weighted by atomic mass is 10.3. The Hall–Kier alpha value is -0.960. The summed E-state index contributed by atoms with van der Waals surface area (Å²) in [5.74, 6) is 0. The lowest BCUT2D eigenvalue weighted by Crippen LogP contribution is -2.22. The first-order valence-electron chi connectivity index (χ1n) is 4.47. The normalized spacial score (nSPS) is 24.2. The van der Waals surface area contributed by atoms with Gasteiger partial charge in [-0.05, 0) is 30.8 Å². The summed E-state index contributed by atoms with van der Waals surface area (Å²) in [4.78, 5) is 8.22. The minimum absolute atomic E-state index is 0.454. The Morgan fingerprint density at radius 2 is 2.31 bits per heavy atom. The number of benzene rings is 1. The Balaban J connectivity index is 2.10. The van der Waals surface area contributed by atoms with Crippen LogP contribution in [0.5, 0.6) is 0 Å². The molecule has 1 atom stereocenters. The van der Waals surface area contributed by atoms with E-state index in [-0.39, 0.29) is 0 Å². The van der Waals surface area contributed by atoms with Crippen LogP contribution >= 0.6 is 11.8 Å². The van der Waals surface area contributed by atoms with Crippen molar-refractivity contribution in [2.45, 2.75) is 17.9 Å². The van der Waals surface area contributed by atoms with Crippen molar-refractivity contribution in [3.05, 3.63) is 24.3 Å². The minimum atomic E-state index is 0.454. The molecule has 0 aliphatic carbocycles. The van der Waals surface area contributed by atoms with Crippen molar-refractivity contribution in [3.63, 3.8) is 0 Å². The van der Waals surface area contributed by atoms with Crippen molar-refractivity contribution in [3.8, 4) is 0 Å². The maximum atomic E-state index is 4.57. The van der Waals surface area contributed by atoms with E-state index in [1.165, 1.54) is 15.8 Å². The third kappa shape index (κ3) is 1.000. The summed E-state index contributed by atoms with van der Waals surface area (Å²) >= 11 is 1.79. The molecule has 3 rings (SSSR count). The van der Waals surface area contributed by atoms with E-state index in [2.05, 4.69) is 41.1 Å². The number of hydrogen-bond donors (Lipinski definition) is 0. The van der Waals surface area contributed by atoms with Crippen molar-refractivity contribution in [2.75, 3.05) is 11.4 Å². The molecule has 2 aliphatic rings. The number of para-hydroxylation sites is 1. The van der Waals surface area contributed by atoms with Gasteiger partial charge in [0.05, 0.1) is 11.7 Å². The van der Waals surface area contributed by atoms with Crippen LogP contribution in [0.25, 0.3) is 0 Å². The van der Waals surface area contributed by atoms with Crippen LogP contribution in [-0.4, -0.2) is 17.8 Å². The number of rotatable bonds is 0. The van der Waals surface area contributed by atoms with Gasteiger partial charge in [-0.15, -0.1) is 0 Å². The minimum Gasteiger partial charge on any atom is -0.318 e. The molecule has 0 bridgehead atoms. The average molecular weight is 190 g/mol. The van der Waals surface area contributed by atoms with Crippen molar-refractivity contribution in [1.29, 1.82) is 0 Å². The first-order chi connectivity index (χ1) is 6.34. The van der Waals surface area contributed by atoms with E-state index in [0.717, 1.165) is 6.54 Å². The molecule has 0 unspecified atom stereocenters. The van der Waals surface area contributed by atoms with E-state index < -0.39 is 0 Å². The molecule has 0 amide bonds. The fourth-order valence-electron chi connectivity index (χ4n) is 1.79. The van der Waals surface area contributed by atoms with Crippen LogP contribution in [0.4, 0.5) is 5.69 Å². The number of anilines is 1. The summed E-state index contributed by atoms with van der Waals surface area (Å²) in [6.45, 7) is 3.20. The van der Waals surface area contributed by atoms with Gasteiger partial charge in [-0.3, -0.25) is 4.99 Å². The second-order valence-electron chi connectivity index (χ2n) is 3.44. The van der Waals surface area contributed by atoms with Gasteiger partial charge in [-0.25, -0.2) is 0 Å². The van der Waals surface area contributed by atoms with Crippen LogP contribution in [0.2, 0.25) is 0 Å². The molecular formula is C10H10N2S. The second kappa shape index (κ2) is 2.51. The van der Waals surface area contributed by atoms with Crippen molar-refractivity contribution in [1.82, 2.24) is 0 Å². The van der Waals surface area contributed by atoms with E-state index >= 15 is 0 Å². The molecule has 2 heterocycles. The van der Waals surface area contributed by atoms with E-state index in [1.54, 1.807) is 11.8 Å². The number of fused-ring (bicyclic) bond motifs is 3. The zero-order valence-corrected chi connectivity index (χ0v) is 8.21. The maximum Gasteiger partial charge on any atom is 0.169 e. The van der Waals surface area contributed by atoms with Gasteiger partial charge in [0.15, 0.2) is 5.17 Å². The predicted octanol–water partition coefficient (Wildman–Crippen LogP) is 2.36. The van der Waals surface area contributed by atoms with Crippen LogP contribution in [0.1, 0.15) is 6.92 Å². The lowest BCUT2D eigenvalue weighted by Gasteiger charge is -2.12. The van der Waals surface area contributed by atoms with Gasteiger partial charge in [-0.2, -0.15) is 0 Å². The molecule has 1 aromatic carbocycles. The molecule has 0 radical (unpaired) electrons. The Labute approximate surface area is 81.7 Å². The van der Waals surface area contributed by atoms with Crippen molar-refractivity contribution >= 4 is 22.6 Å². The number of nitrogens with zero attached hydrogens (tertiary/aromatic N) is 2. The lowest BCUT2D eigenvalue weighted by molar-refractivity contribution is 0.793. The summed E-state index contributed by atoms with van der Waals surface area (Å²) in [6.07, 6.45) is 0. The quantitative estimate of drug-likeness (QED) is 0.624. The Bertz CT molecular complexity index is 386. The van der Waals surface area contributed by atoms with E-state index in [0.29, 0.717) is 6.04 Å². The summed E-state index contributed by atoms with van der Waals surface area (Å²) in [5, 5.41) is 1.17. The predicted molar refractivity (Wildman–Crippen MR) is 56.5 cm³/mol. The van der Waals surface area contributed by atoms with Gasteiger partial charge in [-0.1, -0.05) is 12.1 Å². The van der Waals surface area contributed by atoms with Crippen LogP contribution in [0.15, 0.2) is 34.2 Å². The fourth-order valence-corrected chi connectivity index (χ4v) is 2.93. The van der Waals surface area contributed by atoms with Gasteiger partial charge in [0, 0.05) is 11.4 Å². The van der Waals surface area contributed by atoms with E-state index in [1.807, 2.05) is 0 Å². The highest BCUT2D eigenvalue weighted by atomic mass is 32.2. The molecule has 1 aromatic rings. The number of hydrogen-bond acceptors (Lipinski definition) is 3. The van der Waals surface area contributed by atoms with Gasteiger partial charge in [0.1, 0.15) is 0 Å². The molecule has 13 heavy (non-hydrogen) atoms. The summed E-state index contributed by atoms with van der Waals surface area (Å²) in [6, 6.07) is 8.95. The first kappa shape index (κ1) is 7.44. The van der Waals surface area contributed by atoms with Crippen LogP contribution in [0.3, 0.4) is 0 Å². The largest absolute Gasteiger partial charge is 0.318 e. The van der Waals surface area contributed by atoms with Crippen LogP contribution in [0, 0.1) is 0 Å². The summed E-state index contributed by atoms with van der Waals surface area (Å²) in [5.41, 5.74) is 1.33. The molecule has 0 saturated carbocycles. The Morgan fingerprint density at radius 1 is 1.46 bits per heavy atom. The van der Waals surface area contributed by atoms with Gasteiger partial charge in [0.2, 0.25) is 0 Å². The van der Waals surface area contributed by atoms with Gasteiger partial charge >= 0.3 is 0 Å². The molecule has 0 saturated heterocycles. The molecule has 0 N–H and O–H groups in total. The topological polar surface area (TPSA) is 15.6 Å². The highest BCUT2D eigenvalue weighted by Gasteiger charge is 2.31. The van der Waals surface area contributed by atoms with E-state index in [4.69, 9.17) is 0 Å². The highest BCUT2D eigenvalue weighted by molar-refractivity contribution is 8.14. The Kier molecular flexibility index (Phi) is 1.44. The second-order valence-corrected chi connectivity index (χ2v) is 4.45. The molecule has 66 valence electrons. The molecular weight excluding hydrogens is 180 g/mol. The average Bonchev–Trinajstić information content (AvgIpc) is 2.60. The Morgan fingerprint density at radius 3 is 3.23 bits per heavy atom. The molecule has 3 heteroatoms. The first-order valence-corrected chi connectivity index (χ1v) is 5.28. The third-order valence-electron chi connectivity index (χ3n) is 2.37. The number of thioether (sulfide) groups is 1. The summed E-state index contributed by atoms with van der Waals surface area (Å²) < 4.78 is 0. The smallest absolute Gasteiger partial charge is 0.169 e. The van der Waals surface area contributed by atoms with Gasteiger partial charge in [0.25, 0.3) is 0 Å². The molecule has 2 nitrogen and oxygen atoms in total. The van der Waals surface area contributed by atoms with E-state index in [9.17, 15) is 0 Å². The molecule has 0 fully saturated rings. The molecule has 0 aromatic heterocycles. The number of amidine groups is 1. The SMILES string of the molecule is C[C@H]1CN2C(=N1)Sc1ccccc12. The van der Waals surface area contributed by atoms with Crippen LogP contribution in [-0.2, 0) is 0 Å². The standard InChI is InChI=1S/C10H10N2S/c1-7-6-12-8-4-2-3-5-9(8)13-10(12)11-7/h2-5,7H,6H2,1H3/t7-/m0/s1. The zero-order chi connectivity index (χ0) is 8.84. The van der Waals surface area contributed by atoms with Gasteiger partial charge < -0.3 is 4.90 Å². The molecule has 2 aliphatic heterocycles. The zero-order valence-electron chi connectivity index (χ0n) is 7.40. The maximum absolute atomic E-state index is 4.57. The number of aliphatic imine (C=N–C) groups is 1. The van der Waals surface area contributed by atoms with Crippen molar-refractivity contribution < 1.29 is 0 Å². The summed E-state index contributed by atoms with van der Waals surface area (Å²) in [7, 11) is 0. The highest BCUT2D eigenvalue weighted by Crippen LogP contribution is 2.42. The molecule has 0 spiro atoms. The van der Waals surface area contributed by atoms with Crippen LogP contribution < -0.4 is 4.90 Å². The monoisotopic (exact) mass is 190 g/mol. The fraction of sp³-hybridized carbons (Fsp3) is 0.300. The van der Waals surface area contributed by atoms with Crippen molar-refractivity contribution in [2.24, 2.45) is 4.99 Å².